The second-order valence-corrected chi connectivity index (χ2v) is 19.5. The third-order valence-electron chi connectivity index (χ3n) is 15.1. The van der Waals surface area contributed by atoms with Gasteiger partial charge in [0.1, 0.15) is 40.0 Å². The predicted molar refractivity (Wildman–Crippen MR) is 318 cm³/mol. The summed E-state index contributed by atoms with van der Waals surface area (Å²) in [6, 6.07) is 86.6. The molecule has 0 fully saturated rings. The number of nitrogens with zero attached hydrogens (tertiary/aromatic N) is 8. The van der Waals surface area contributed by atoms with E-state index in [1.807, 2.05) is 157 Å². The fourth-order valence-corrected chi connectivity index (χ4v) is 11.4. The van der Waals surface area contributed by atoms with Crippen molar-refractivity contribution < 1.29 is 9.90 Å². The molecule has 80 heavy (non-hydrogen) atoms. The largest absolute Gasteiger partial charge is 0.396 e. The Kier molecular flexibility index (Phi) is 15.5. The van der Waals surface area contributed by atoms with Crippen LogP contribution in [-0.2, 0) is 15.9 Å². The van der Waals surface area contributed by atoms with Crippen LogP contribution in [0.3, 0.4) is 0 Å². The van der Waals surface area contributed by atoms with Gasteiger partial charge in [0.05, 0.1) is 0 Å². The molecule has 0 saturated heterocycles. The molecule has 0 saturated carbocycles. The van der Waals surface area contributed by atoms with E-state index in [0.717, 1.165) is 61.9 Å². The van der Waals surface area contributed by atoms with Gasteiger partial charge in [-0.1, -0.05) is 253 Å². The SMILES string of the molecule is CNc1cc([C@H](CC=O)c2ccccc2)c2nnn(C(c3ccccc3)(c3ccccc3)c3ccccc3)c2n1.CNc1cc([C@H](CCO)c2ccccc2)c2nnn(C(c3ccccc3)(c3ccccc3)c3ccccc3)c2n1. The van der Waals surface area contributed by atoms with Gasteiger partial charge in [-0.2, -0.15) is 0 Å². The van der Waals surface area contributed by atoms with Crippen molar-refractivity contribution in [1.82, 2.24) is 40.0 Å². The van der Waals surface area contributed by atoms with E-state index in [9.17, 15) is 9.90 Å². The van der Waals surface area contributed by atoms with Crippen LogP contribution in [0.5, 0.6) is 0 Å². The van der Waals surface area contributed by atoms with Crippen molar-refractivity contribution in [2.45, 2.75) is 35.8 Å². The fraction of sp³-hybridized carbons (Fsp3) is 0.132. The lowest BCUT2D eigenvalue weighted by molar-refractivity contribution is -0.108. The summed E-state index contributed by atoms with van der Waals surface area (Å²) in [4.78, 5) is 22.0. The number of fused-ring (bicyclic) bond motifs is 2. The molecule has 8 aromatic carbocycles. The average molecular weight is 1050 g/mol. The van der Waals surface area contributed by atoms with Crippen molar-refractivity contribution >= 4 is 40.2 Å². The van der Waals surface area contributed by atoms with E-state index in [1.165, 1.54) is 0 Å². The van der Waals surface area contributed by atoms with Crippen LogP contribution in [0, 0.1) is 0 Å². The zero-order chi connectivity index (χ0) is 54.7. The topological polar surface area (TPSA) is 149 Å². The molecular weight excluding hydrogens is 989 g/mol. The maximum absolute atomic E-state index is 11.9. The minimum Gasteiger partial charge on any atom is -0.396 e. The Bertz CT molecular complexity index is 3730. The molecule has 3 N–H and O–H groups in total. The molecule has 12 heteroatoms. The molecule has 4 aromatic heterocycles. The lowest BCUT2D eigenvalue weighted by Gasteiger charge is -2.36. The summed E-state index contributed by atoms with van der Waals surface area (Å²) in [6.07, 6.45) is 1.84. The van der Waals surface area contributed by atoms with E-state index < -0.39 is 11.1 Å². The number of carbonyl (C=O) groups excluding carboxylic acids is 1. The molecule has 0 unspecified atom stereocenters. The van der Waals surface area contributed by atoms with Gasteiger partial charge in [-0.25, -0.2) is 19.3 Å². The maximum Gasteiger partial charge on any atom is 0.182 e. The van der Waals surface area contributed by atoms with Gasteiger partial charge in [-0.3, -0.25) is 0 Å². The highest BCUT2D eigenvalue weighted by molar-refractivity contribution is 5.81. The van der Waals surface area contributed by atoms with Crippen LogP contribution in [0.2, 0.25) is 0 Å². The summed E-state index contributed by atoms with van der Waals surface area (Å²) in [6.45, 7) is 0.0500. The number of aldehydes is 1. The second kappa shape index (κ2) is 23.8. The first kappa shape index (κ1) is 52.2. The van der Waals surface area contributed by atoms with Crippen molar-refractivity contribution in [3.05, 3.63) is 310 Å². The van der Waals surface area contributed by atoms with Crippen LogP contribution in [0.25, 0.3) is 22.3 Å². The van der Waals surface area contributed by atoms with Crippen molar-refractivity contribution in [3.63, 3.8) is 0 Å². The molecule has 0 aliphatic carbocycles. The standard InChI is InChI=1S/C34H31N5O.C34H29N5O/c2*1-35-31-24-30(29(22-23-40)25-14-6-2-7-15-25)32-33(36-31)39(38-37-32)34(26-16-8-3-9-17-26,27-18-10-4-11-19-27)28-20-12-5-13-21-28/h2-21,24,29,40H,22-23H2,1H3,(H,35,36);2-21,23-24,29H,22H2,1H3,(H,35,36)/t2*29-/m11/s1. The summed E-state index contributed by atoms with van der Waals surface area (Å²) in [7, 11) is 3.72. The predicted octanol–water partition coefficient (Wildman–Crippen LogP) is 12.7. The number of carbonyl (C=O) groups is 1. The van der Waals surface area contributed by atoms with E-state index in [-0.39, 0.29) is 18.4 Å². The number of aliphatic hydroxyl groups is 1. The first-order valence-electron chi connectivity index (χ1n) is 26.9. The number of anilines is 2. The fourth-order valence-electron chi connectivity index (χ4n) is 11.4. The van der Waals surface area contributed by atoms with Gasteiger partial charge in [-0.15, -0.1) is 10.2 Å². The minimum absolute atomic E-state index is 0.0500. The van der Waals surface area contributed by atoms with E-state index in [2.05, 4.69) is 132 Å². The number of hydrogen-bond acceptors (Lipinski definition) is 10. The van der Waals surface area contributed by atoms with Gasteiger partial charge in [0, 0.05) is 39.0 Å². The summed E-state index contributed by atoms with van der Waals surface area (Å²) in [5.74, 6) is 1.13. The number of nitrogens with one attached hydrogen (secondary N) is 2. The van der Waals surface area contributed by atoms with Crippen LogP contribution in [0.4, 0.5) is 11.6 Å². The third kappa shape index (κ3) is 9.66. The number of hydrogen-bond donors (Lipinski definition) is 3. The van der Waals surface area contributed by atoms with Gasteiger partial charge in [0.25, 0.3) is 0 Å². The van der Waals surface area contributed by atoms with E-state index in [1.54, 1.807) is 0 Å². The number of pyridine rings is 2. The summed E-state index contributed by atoms with van der Waals surface area (Å²) in [5, 5.41) is 35.9. The van der Waals surface area contributed by atoms with Crippen molar-refractivity contribution in [2.75, 3.05) is 31.3 Å². The monoisotopic (exact) mass is 1050 g/mol. The van der Waals surface area contributed by atoms with Crippen molar-refractivity contribution in [3.8, 4) is 0 Å². The lowest BCUT2D eigenvalue weighted by Crippen LogP contribution is -2.39. The maximum atomic E-state index is 11.9. The first-order valence-corrected chi connectivity index (χ1v) is 26.9. The van der Waals surface area contributed by atoms with E-state index >= 15 is 0 Å². The first-order chi connectivity index (χ1) is 39.5. The summed E-state index contributed by atoms with van der Waals surface area (Å²) in [5.41, 5.74) is 11.3. The number of aliphatic hydroxyl groups excluding tert-OH is 1. The Balaban J connectivity index is 0.000000169. The van der Waals surface area contributed by atoms with Gasteiger partial charge in [0.2, 0.25) is 0 Å². The zero-order valence-electron chi connectivity index (χ0n) is 44.5. The molecule has 12 rings (SSSR count). The minimum atomic E-state index is -0.859. The molecule has 0 bridgehead atoms. The van der Waals surface area contributed by atoms with Crippen LogP contribution in [-0.4, -0.2) is 72.1 Å². The zero-order valence-corrected chi connectivity index (χ0v) is 44.5. The molecule has 394 valence electrons. The van der Waals surface area contributed by atoms with Gasteiger partial charge in [-0.05, 0) is 74.2 Å². The highest BCUT2D eigenvalue weighted by atomic mass is 16.3. The highest BCUT2D eigenvalue weighted by Gasteiger charge is 2.43. The van der Waals surface area contributed by atoms with Crippen molar-refractivity contribution in [2.24, 2.45) is 0 Å². The van der Waals surface area contributed by atoms with Crippen LogP contribution in [0.15, 0.2) is 255 Å². The summed E-state index contributed by atoms with van der Waals surface area (Å²) < 4.78 is 3.91. The number of benzene rings is 8. The molecule has 0 radical (unpaired) electrons. The number of rotatable bonds is 18. The lowest BCUT2D eigenvalue weighted by atomic mass is 9.77. The van der Waals surface area contributed by atoms with Crippen molar-refractivity contribution in [1.29, 1.82) is 0 Å². The average Bonchev–Trinajstić information content (AvgIpc) is 4.22. The molecule has 12 nitrogen and oxygen atoms in total. The molecule has 0 amide bonds. The van der Waals surface area contributed by atoms with Crippen LogP contribution in [0.1, 0.15) is 80.3 Å². The number of aromatic nitrogens is 8. The Hall–Kier alpha value is -9.91. The molecule has 4 heterocycles. The molecular formula is C68H60N10O2. The normalized spacial score (nSPS) is 12.3. The Morgan fingerprint density at radius 2 is 0.725 bits per heavy atom. The van der Waals surface area contributed by atoms with Crippen LogP contribution < -0.4 is 10.6 Å². The second-order valence-electron chi connectivity index (χ2n) is 19.5. The third-order valence-corrected chi connectivity index (χ3v) is 15.1. The molecule has 0 spiro atoms. The van der Waals surface area contributed by atoms with Crippen LogP contribution >= 0.6 is 0 Å². The molecule has 0 aliphatic heterocycles. The smallest absolute Gasteiger partial charge is 0.182 e. The molecule has 12 aromatic rings. The van der Waals surface area contributed by atoms with Gasteiger partial charge >= 0.3 is 0 Å². The Morgan fingerprint density at radius 3 is 1.01 bits per heavy atom. The van der Waals surface area contributed by atoms with E-state index in [4.69, 9.17) is 30.6 Å². The van der Waals surface area contributed by atoms with Gasteiger partial charge < -0.3 is 20.5 Å². The van der Waals surface area contributed by atoms with Gasteiger partial charge in [0.15, 0.2) is 11.3 Å². The van der Waals surface area contributed by atoms with E-state index in [0.29, 0.717) is 46.8 Å². The summed E-state index contributed by atoms with van der Waals surface area (Å²) >= 11 is 0. The molecule has 0 aliphatic rings. The molecule has 2 atom stereocenters. The Labute approximate surface area is 465 Å². The highest BCUT2D eigenvalue weighted by Crippen LogP contribution is 2.45. The quantitative estimate of drug-likeness (QED) is 0.0560. The Morgan fingerprint density at radius 1 is 0.438 bits per heavy atom.